The number of aromatic nitrogens is 1. The van der Waals surface area contributed by atoms with Crippen LogP contribution in [0.4, 0.5) is 13.2 Å². The molecule has 0 amide bonds. The van der Waals surface area contributed by atoms with Gasteiger partial charge in [0.1, 0.15) is 5.69 Å². The van der Waals surface area contributed by atoms with E-state index in [1.54, 1.807) is 5.38 Å². The minimum absolute atomic E-state index is 0.0147. The van der Waals surface area contributed by atoms with Crippen LogP contribution in [0.1, 0.15) is 11.3 Å². The minimum atomic E-state index is -4.45. The maximum Gasteiger partial charge on any atom is 0.433 e. The van der Waals surface area contributed by atoms with Crippen LogP contribution in [0.25, 0.3) is 10.2 Å². The standard InChI is InChI=1S/C9H5ClF3NS/c1-4-6(10)7-5(2-3-15-7)14-8(4)9(11,12)13/h2-3H,1H3. The normalized spacial score (nSPS) is 12.3. The zero-order valence-corrected chi connectivity index (χ0v) is 9.09. The highest BCUT2D eigenvalue weighted by molar-refractivity contribution is 7.17. The SMILES string of the molecule is Cc1c(C(F)(F)F)nc2ccsc2c1Cl. The average molecular weight is 252 g/mol. The fourth-order valence-electron chi connectivity index (χ4n) is 1.31. The van der Waals surface area contributed by atoms with Crippen molar-refractivity contribution < 1.29 is 13.2 Å². The highest BCUT2D eigenvalue weighted by Crippen LogP contribution is 2.38. The number of hydrogen-bond acceptors (Lipinski definition) is 2. The lowest BCUT2D eigenvalue weighted by atomic mass is 10.2. The highest BCUT2D eigenvalue weighted by Gasteiger charge is 2.35. The molecular weight excluding hydrogens is 247 g/mol. The summed E-state index contributed by atoms with van der Waals surface area (Å²) >= 11 is 7.13. The molecule has 0 aromatic carbocycles. The van der Waals surface area contributed by atoms with Crippen LogP contribution >= 0.6 is 22.9 Å². The van der Waals surface area contributed by atoms with Crippen LogP contribution in [0.15, 0.2) is 11.4 Å². The molecule has 0 radical (unpaired) electrons. The first-order chi connectivity index (χ1) is 6.91. The number of fused-ring (bicyclic) bond motifs is 1. The van der Waals surface area contributed by atoms with E-state index >= 15 is 0 Å². The van der Waals surface area contributed by atoms with Crippen molar-refractivity contribution in [2.75, 3.05) is 0 Å². The monoisotopic (exact) mass is 251 g/mol. The van der Waals surface area contributed by atoms with Crippen molar-refractivity contribution in [3.63, 3.8) is 0 Å². The third kappa shape index (κ3) is 1.70. The molecule has 0 fully saturated rings. The van der Waals surface area contributed by atoms with Gasteiger partial charge in [0.2, 0.25) is 0 Å². The molecule has 0 bridgehead atoms. The zero-order chi connectivity index (χ0) is 11.2. The lowest BCUT2D eigenvalue weighted by Crippen LogP contribution is -2.10. The van der Waals surface area contributed by atoms with E-state index in [1.165, 1.54) is 24.3 Å². The molecule has 0 N–H and O–H groups in total. The zero-order valence-electron chi connectivity index (χ0n) is 7.52. The smallest absolute Gasteiger partial charge is 0.242 e. The van der Waals surface area contributed by atoms with Gasteiger partial charge in [-0.25, -0.2) is 4.98 Å². The van der Waals surface area contributed by atoms with Crippen molar-refractivity contribution >= 4 is 33.2 Å². The lowest BCUT2D eigenvalue weighted by molar-refractivity contribution is -0.141. The van der Waals surface area contributed by atoms with E-state index in [2.05, 4.69) is 4.98 Å². The van der Waals surface area contributed by atoms with E-state index in [9.17, 15) is 13.2 Å². The number of pyridine rings is 1. The largest absolute Gasteiger partial charge is 0.433 e. The maximum absolute atomic E-state index is 12.5. The predicted octanol–water partition coefficient (Wildman–Crippen LogP) is 4.28. The van der Waals surface area contributed by atoms with E-state index in [1.807, 2.05) is 0 Å². The van der Waals surface area contributed by atoms with Crippen molar-refractivity contribution in [2.45, 2.75) is 13.1 Å². The summed E-state index contributed by atoms with van der Waals surface area (Å²) in [6.07, 6.45) is -4.45. The van der Waals surface area contributed by atoms with E-state index in [-0.39, 0.29) is 10.6 Å². The van der Waals surface area contributed by atoms with Crippen LogP contribution in [0.5, 0.6) is 0 Å². The van der Waals surface area contributed by atoms with Crippen LogP contribution < -0.4 is 0 Å². The van der Waals surface area contributed by atoms with Gasteiger partial charge in [0.15, 0.2) is 0 Å². The molecule has 0 saturated heterocycles. The van der Waals surface area contributed by atoms with Gasteiger partial charge in [-0.05, 0) is 23.9 Å². The number of halogens is 4. The molecular formula is C9H5ClF3NS. The van der Waals surface area contributed by atoms with Crippen LogP contribution in [-0.2, 0) is 6.18 Å². The van der Waals surface area contributed by atoms with Gasteiger partial charge in [-0.2, -0.15) is 13.2 Å². The molecule has 0 aliphatic rings. The molecule has 2 rings (SSSR count). The molecule has 80 valence electrons. The van der Waals surface area contributed by atoms with Crippen LogP contribution in [0, 0.1) is 6.92 Å². The third-order valence-electron chi connectivity index (χ3n) is 2.03. The Morgan fingerprint density at radius 3 is 2.67 bits per heavy atom. The summed E-state index contributed by atoms with van der Waals surface area (Å²) < 4.78 is 38.2. The van der Waals surface area contributed by atoms with E-state index < -0.39 is 11.9 Å². The number of hydrogen-bond donors (Lipinski definition) is 0. The topological polar surface area (TPSA) is 12.9 Å². The van der Waals surface area contributed by atoms with Gasteiger partial charge in [-0.3, -0.25) is 0 Å². The second-order valence-corrected chi connectivity index (χ2v) is 4.33. The number of nitrogens with zero attached hydrogens (tertiary/aromatic N) is 1. The third-order valence-corrected chi connectivity index (χ3v) is 3.53. The van der Waals surface area contributed by atoms with Crippen molar-refractivity contribution in [3.05, 3.63) is 27.7 Å². The maximum atomic E-state index is 12.5. The quantitative estimate of drug-likeness (QED) is 0.681. The van der Waals surface area contributed by atoms with E-state index in [0.717, 1.165) is 0 Å². The molecule has 0 aliphatic heterocycles. The summed E-state index contributed by atoms with van der Waals surface area (Å²) in [5.41, 5.74) is -0.625. The molecule has 2 heterocycles. The molecule has 1 nitrogen and oxygen atoms in total. The Kier molecular flexibility index (Phi) is 2.39. The number of alkyl halides is 3. The molecule has 6 heteroatoms. The second kappa shape index (κ2) is 3.35. The van der Waals surface area contributed by atoms with Crippen LogP contribution in [-0.4, -0.2) is 4.98 Å². The fraction of sp³-hybridized carbons (Fsp3) is 0.222. The summed E-state index contributed by atoms with van der Waals surface area (Å²) in [4.78, 5) is 3.57. The van der Waals surface area contributed by atoms with Crippen molar-refractivity contribution in [1.82, 2.24) is 4.98 Å². The molecule has 2 aromatic heterocycles. The minimum Gasteiger partial charge on any atom is -0.242 e. The van der Waals surface area contributed by atoms with Gasteiger partial charge in [0.25, 0.3) is 0 Å². The van der Waals surface area contributed by atoms with Crippen molar-refractivity contribution in [3.8, 4) is 0 Å². The summed E-state index contributed by atoms with van der Waals surface area (Å²) in [6, 6.07) is 1.53. The van der Waals surface area contributed by atoms with Gasteiger partial charge >= 0.3 is 6.18 Å². The molecule has 15 heavy (non-hydrogen) atoms. The molecule has 0 unspecified atom stereocenters. The van der Waals surface area contributed by atoms with E-state index in [0.29, 0.717) is 10.2 Å². The van der Waals surface area contributed by atoms with Crippen LogP contribution in [0.2, 0.25) is 5.02 Å². The molecule has 0 atom stereocenters. The Morgan fingerprint density at radius 2 is 2.07 bits per heavy atom. The Bertz CT molecular complexity index is 518. The molecule has 0 saturated carbocycles. The second-order valence-electron chi connectivity index (χ2n) is 3.03. The predicted molar refractivity (Wildman–Crippen MR) is 54.4 cm³/mol. The Balaban J connectivity index is 2.82. The summed E-state index contributed by atoms with van der Waals surface area (Å²) in [5.74, 6) is 0. The van der Waals surface area contributed by atoms with Gasteiger partial charge in [0.05, 0.1) is 15.2 Å². The summed E-state index contributed by atoms with van der Waals surface area (Å²) in [5, 5.41) is 1.81. The molecule has 0 aliphatic carbocycles. The Morgan fingerprint density at radius 1 is 1.40 bits per heavy atom. The van der Waals surface area contributed by atoms with Gasteiger partial charge in [-0.15, -0.1) is 11.3 Å². The Labute approximate surface area is 92.5 Å². The fourth-order valence-corrected chi connectivity index (χ4v) is 2.45. The summed E-state index contributed by atoms with van der Waals surface area (Å²) in [7, 11) is 0. The highest BCUT2D eigenvalue weighted by atomic mass is 35.5. The average Bonchev–Trinajstić information content (AvgIpc) is 2.57. The first kappa shape index (κ1) is 10.7. The van der Waals surface area contributed by atoms with Crippen molar-refractivity contribution in [2.24, 2.45) is 0 Å². The number of rotatable bonds is 0. The van der Waals surface area contributed by atoms with Crippen molar-refractivity contribution in [1.29, 1.82) is 0 Å². The van der Waals surface area contributed by atoms with Gasteiger partial charge < -0.3 is 0 Å². The first-order valence-corrected chi connectivity index (χ1v) is 5.27. The first-order valence-electron chi connectivity index (χ1n) is 4.01. The summed E-state index contributed by atoms with van der Waals surface area (Å²) in [6.45, 7) is 1.33. The van der Waals surface area contributed by atoms with Crippen LogP contribution in [0.3, 0.4) is 0 Å². The lowest BCUT2D eigenvalue weighted by Gasteiger charge is -2.10. The Hall–Kier alpha value is -0.810. The van der Waals surface area contributed by atoms with E-state index in [4.69, 9.17) is 11.6 Å². The van der Waals surface area contributed by atoms with Gasteiger partial charge in [-0.1, -0.05) is 11.6 Å². The number of thiophene rings is 1. The molecule has 2 aromatic rings. The van der Waals surface area contributed by atoms with Gasteiger partial charge in [0, 0.05) is 0 Å². The molecule has 0 spiro atoms.